The first-order chi connectivity index (χ1) is 16.6. The molecule has 36 heavy (non-hydrogen) atoms. The second-order valence-electron chi connectivity index (χ2n) is 9.54. The molecule has 2 aromatic rings. The molecule has 1 aromatic heterocycles. The molecule has 198 valence electrons. The summed E-state index contributed by atoms with van der Waals surface area (Å²) in [4.78, 5) is 23.4. The van der Waals surface area contributed by atoms with Gasteiger partial charge in [-0.2, -0.15) is 13.9 Å². The SMILES string of the molecule is CC(=O)NC[C@@H]1Oc2ccc(CC(=O)OC(C)(C)C)cc2N(S(=O)(=O)c2cn(C(F)F)nc2C)[C@@H]1C. The molecule has 0 saturated carbocycles. The number of halogens is 2. The van der Waals surface area contributed by atoms with Crippen LogP contribution < -0.4 is 14.4 Å². The molecule has 2 atom stereocenters. The van der Waals surface area contributed by atoms with Gasteiger partial charge in [-0.15, -0.1) is 0 Å². The average Bonchev–Trinajstić information content (AvgIpc) is 3.13. The third-order valence-corrected chi connectivity index (χ3v) is 7.38. The van der Waals surface area contributed by atoms with E-state index < -0.39 is 45.2 Å². The summed E-state index contributed by atoms with van der Waals surface area (Å²) in [5.74, 6) is -0.633. The zero-order valence-electron chi connectivity index (χ0n) is 20.9. The van der Waals surface area contributed by atoms with E-state index in [0.29, 0.717) is 5.56 Å². The average molecular weight is 529 g/mol. The van der Waals surface area contributed by atoms with Gasteiger partial charge in [-0.3, -0.25) is 13.9 Å². The van der Waals surface area contributed by atoms with E-state index in [-0.39, 0.29) is 40.7 Å². The van der Waals surface area contributed by atoms with Crippen LogP contribution in [0.3, 0.4) is 0 Å². The summed E-state index contributed by atoms with van der Waals surface area (Å²) in [5.41, 5.74) is -0.192. The smallest absolute Gasteiger partial charge is 0.333 e. The standard InChI is InChI=1S/C23H30F2N4O6S/c1-13-20(12-28(27-13)22(24)25)36(32,33)29-14(2)19(11-26-15(3)30)34-18-8-7-16(9-17(18)29)10-21(31)35-23(4,5)6/h7-9,12,14,19,22H,10-11H2,1-6H3,(H,26,30)/t14-,19+/m1/s1. The van der Waals surface area contributed by atoms with Crippen molar-refractivity contribution in [2.24, 2.45) is 0 Å². The maximum absolute atomic E-state index is 13.8. The van der Waals surface area contributed by atoms with Gasteiger partial charge in [0.25, 0.3) is 10.0 Å². The molecule has 0 spiro atoms. The van der Waals surface area contributed by atoms with Gasteiger partial charge in [0.1, 0.15) is 22.4 Å². The quantitative estimate of drug-likeness (QED) is 0.549. The van der Waals surface area contributed by atoms with Crippen LogP contribution in [0.15, 0.2) is 29.3 Å². The molecule has 2 heterocycles. The predicted molar refractivity (Wildman–Crippen MR) is 126 cm³/mol. The number of ether oxygens (including phenoxy) is 2. The summed E-state index contributed by atoms with van der Waals surface area (Å²) in [6.07, 6.45) is -0.118. The molecule has 0 radical (unpaired) electrons. The monoisotopic (exact) mass is 528 g/mol. The number of aryl methyl sites for hydroxylation is 1. The Morgan fingerprint density at radius 3 is 2.50 bits per heavy atom. The third kappa shape index (κ3) is 5.94. The van der Waals surface area contributed by atoms with Crippen molar-refractivity contribution in [2.75, 3.05) is 10.8 Å². The number of benzene rings is 1. The first-order valence-electron chi connectivity index (χ1n) is 11.2. The largest absolute Gasteiger partial charge is 0.484 e. The number of esters is 1. The highest BCUT2D eigenvalue weighted by Crippen LogP contribution is 2.41. The number of nitrogens with zero attached hydrogens (tertiary/aromatic N) is 3. The topological polar surface area (TPSA) is 120 Å². The maximum Gasteiger partial charge on any atom is 0.333 e. The van der Waals surface area contributed by atoms with Crippen molar-refractivity contribution in [1.29, 1.82) is 0 Å². The number of rotatable bonds is 7. The van der Waals surface area contributed by atoms with Crippen molar-refractivity contribution in [3.05, 3.63) is 35.7 Å². The maximum atomic E-state index is 13.8. The van der Waals surface area contributed by atoms with Gasteiger partial charge < -0.3 is 14.8 Å². The number of hydrogen-bond donors (Lipinski definition) is 1. The highest BCUT2D eigenvalue weighted by molar-refractivity contribution is 7.93. The lowest BCUT2D eigenvalue weighted by molar-refractivity contribution is -0.153. The molecule has 3 rings (SSSR count). The number of aromatic nitrogens is 2. The molecule has 1 aromatic carbocycles. The minimum atomic E-state index is -4.41. The minimum Gasteiger partial charge on any atom is -0.484 e. The van der Waals surface area contributed by atoms with Gasteiger partial charge in [0.15, 0.2) is 0 Å². The van der Waals surface area contributed by atoms with Gasteiger partial charge in [0, 0.05) is 6.92 Å². The van der Waals surface area contributed by atoms with Crippen molar-refractivity contribution in [3.63, 3.8) is 0 Å². The zero-order chi connectivity index (χ0) is 27.0. The summed E-state index contributed by atoms with van der Waals surface area (Å²) in [6, 6.07) is 3.79. The molecule has 1 amide bonds. The summed E-state index contributed by atoms with van der Waals surface area (Å²) in [6.45, 7) is 6.43. The highest BCUT2D eigenvalue weighted by atomic mass is 32.2. The van der Waals surface area contributed by atoms with Crippen LogP contribution in [-0.4, -0.2) is 54.4 Å². The van der Waals surface area contributed by atoms with Crippen LogP contribution in [0, 0.1) is 6.92 Å². The molecule has 10 nitrogen and oxygen atoms in total. The zero-order valence-corrected chi connectivity index (χ0v) is 21.7. The van der Waals surface area contributed by atoms with Gasteiger partial charge in [-0.25, -0.2) is 13.1 Å². The fourth-order valence-corrected chi connectivity index (χ4v) is 5.69. The Hall–Kier alpha value is -3.22. The fourth-order valence-electron chi connectivity index (χ4n) is 3.85. The molecule has 1 aliphatic heterocycles. The summed E-state index contributed by atoms with van der Waals surface area (Å²) >= 11 is 0. The van der Waals surface area contributed by atoms with Crippen LogP contribution in [-0.2, 0) is 30.8 Å². The van der Waals surface area contributed by atoms with Crippen LogP contribution in [0.25, 0.3) is 0 Å². The molecular formula is C23H30F2N4O6S. The Labute approximate surface area is 208 Å². The molecule has 1 aliphatic rings. The summed E-state index contributed by atoms with van der Waals surface area (Å²) < 4.78 is 66.8. The fraction of sp³-hybridized carbons (Fsp3) is 0.522. The second kappa shape index (κ2) is 10.0. The lowest BCUT2D eigenvalue weighted by Gasteiger charge is -2.41. The van der Waals surface area contributed by atoms with Crippen LogP contribution >= 0.6 is 0 Å². The Morgan fingerprint density at radius 2 is 1.94 bits per heavy atom. The van der Waals surface area contributed by atoms with Crippen molar-refractivity contribution < 1.29 is 36.3 Å². The number of fused-ring (bicyclic) bond motifs is 1. The predicted octanol–water partition coefficient (Wildman–Crippen LogP) is 2.95. The van der Waals surface area contributed by atoms with Gasteiger partial charge >= 0.3 is 12.5 Å². The van der Waals surface area contributed by atoms with Gasteiger partial charge in [0.05, 0.1) is 36.6 Å². The lowest BCUT2D eigenvalue weighted by atomic mass is 10.1. The van der Waals surface area contributed by atoms with Crippen LogP contribution in [0.1, 0.15) is 52.4 Å². The molecule has 0 bridgehead atoms. The van der Waals surface area contributed by atoms with Gasteiger partial charge in [-0.05, 0) is 52.3 Å². The summed E-state index contributed by atoms with van der Waals surface area (Å²) in [5, 5.41) is 6.25. The number of sulfonamides is 1. The first kappa shape index (κ1) is 27.4. The van der Waals surface area contributed by atoms with Crippen molar-refractivity contribution in [3.8, 4) is 5.75 Å². The van der Waals surface area contributed by atoms with E-state index in [9.17, 15) is 26.8 Å². The first-order valence-corrected chi connectivity index (χ1v) is 12.7. The number of anilines is 1. The normalized spacial score (nSPS) is 18.0. The van der Waals surface area contributed by atoms with E-state index in [1.165, 1.54) is 26.0 Å². The number of hydrogen-bond acceptors (Lipinski definition) is 7. The molecule has 0 fully saturated rings. The Kier molecular flexibility index (Phi) is 7.63. The molecular weight excluding hydrogens is 498 g/mol. The van der Waals surface area contributed by atoms with E-state index in [1.807, 2.05) is 0 Å². The van der Waals surface area contributed by atoms with Crippen LogP contribution in [0.4, 0.5) is 14.5 Å². The number of carbonyl (C=O) groups excluding carboxylic acids is 2. The highest BCUT2D eigenvalue weighted by Gasteiger charge is 2.42. The number of alkyl halides is 2. The number of amides is 1. The van der Waals surface area contributed by atoms with Crippen LogP contribution in [0.2, 0.25) is 0 Å². The Morgan fingerprint density at radius 1 is 1.28 bits per heavy atom. The van der Waals surface area contributed by atoms with E-state index >= 15 is 0 Å². The third-order valence-electron chi connectivity index (χ3n) is 5.38. The van der Waals surface area contributed by atoms with Gasteiger partial charge in [0.2, 0.25) is 5.91 Å². The second-order valence-corrected chi connectivity index (χ2v) is 11.3. The Bertz CT molecular complexity index is 1260. The molecule has 13 heteroatoms. The molecule has 0 unspecified atom stereocenters. The number of nitrogens with one attached hydrogen (secondary N) is 1. The van der Waals surface area contributed by atoms with Crippen LogP contribution in [0.5, 0.6) is 5.75 Å². The number of carbonyl (C=O) groups is 2. The minimum absolute atomic E-state index is 0.0108. The lowest BCUT2D eigenvalue weighted by Crippen LogP contribution is -2.54. The Balaban J connectivity index is 2.08. The van der Waals surface area contributed by atoms with E-state index in [0.717, 1.165) is 10.5 Å². The molecule has 0 saturated heterocycles. The molecule has 0 aliphatic carbocycles. The van der Waals surface area contributed by atoms with E-state index in [1.54, 1.807) is 33.8 Å². The van der Waals surface area contributed by atoms with Crippen molar-refractivity contribution in [2.45, 2.75) is 77.2 Å². The molecule has 1 N–H and O–H groups in total. The van der Waals surface area contributed by atoms with Gasteiger partial charge in [-0.1, -0.05) is 6.07 Å². The van der Waals surface area contributed by atoms with Crippen molar-refractivity contribution in [1.82, 2.24) is 15.1 Å². The summed E-state index contributed by atoms with van der Waals surface area (Å²) in [7, 11) is -4.41. The van der Waals surface area contributed by atoms with E-state index in [2.05, 4.69) is 10.4 Å². The van der Waals surface area contributed by atoms with Crippen molar-refractivity contribution >= 4 is 27.6 Å². The van der Waals surface area contributed by atoms with E-state index in [4.69, 9.17) is 9.47 Å².